The molecule has 1 fully saturated rings. The number of anilines is 1. The van der Waals surface area contributed by atoms with E-state index in [1.54, 1.807) is 18.3 Å². The van der Waals surface area contributed by atoms with E-state index >= 15 is 0 Å². The average Bonchev–Trinajstić information content (AvgIpc) is 2.18. The summed E-state index contributed by atoms with van der Waals surface area (Å²) in [6.45, 7) is 3.38. The number of carbonyl (C=O) groups excluding carboxylic acids is 1. The van der Waals surface area contributed by atoms with Crippen LogP contribution in [-0.2, 0) is 4.79 Å². The van der Waals surface area contributed by atoms with Crippen molar-refractivity contribution in [2.24, 2.45) is 0 Å². The Bertz CT molecular complexity index is 450. The lowest BCUT2D eigenvalue weighted by atomic mass is 10.0. The van der Waals surface area contributed by atoms with Gasteiger partial charge in [-0.3, -0.25) is 4.79 Å². The van der Waals surface area contributed by atoms with Gasteiger partial charge in [-0.15, -0.1) is 0 Å². The Morgan fingerprint density at radius 2 is 2.31 bits per heavy atom. The molecule has 2 heterocycles. The number of carbonyl (C=O) groups is 1. The fourth-order valence-electron chi connectivity index (χ4n) is 1.35. The lowest BCUT2D eigenvalue weighted by Gasteiger charge is -2.21. The van der Waals surface area contributed by atoms with E-state index in [4.69, 9.17) is 11.6 Å². The molecule has 2 N–H and O–H groups in total. The predicted molar refractivity (Wildman–Crippen MR) is 63.4 cm³/mol. The molecule has 1 saturated heterocycles. The molecule has 5 heteroatoms. The van der Waals surface area contributed by atoms with Crippen LogP contribution in [0.5, 0.6) is 0 Å². The van der Waals surface area contributed by atoms with Crippen LogP contribution in [0.1, 0.15) is 6.92 Å². The molecule has 0 spiro atoms. The second kappa shape index (κ2) is 4.63. The van der Waals surface area contributed by atoms with E-state index in [1.165, 1.54) is 0 Å². The fraction of sp³-hybridized carbons (Fsp3) is 0.273. The molecule has 0 bridgehead atoms. The van der Waals surface area contributed by atoms with Crippen LogP contribution in [0.4, 0.5) is 5.82 Å². The maximum absolute atomic E-state index is 11.8. The molecule has 1 aliphatic heterocycles. The van der Waals surface area contributed by atoms with Crippen LogP contribution < -0.4 is 10.6 Å². The molecule has 0 unspecified atom stereocenters. The largest absolute Gasteiger partial charge is 0.309 e. The third kappa shape index (κ3) is 2.23. The number of rotatable bonds is 2. The Morgan fingerprint density at radius 3 is 2.88 bits per heavy atom. The van der Waals surface area contributed by atoms with Gasteiger partial charge >= 0.3 is 0 Å². The summed E-state index contributed by atoms with van der Waals surface area (Å²) in [5, 5.41) is 6.23. The first kappa shape index (κ1) is 11.1. The van der Waals surface area contributed by atoms with Gasteiger partial charge in [-0.25, -0.2) is 4.98 Å². The predicted octanol–water partition coefficient (Wildman–Crippen LogP) is 1.59. The second-order valence-corrected chi connectivity index (χ2v) is 4.03. The number of hydrogen-bond donors (Lipinski definition) is 2. The fourth-order valence-corrected chi connectivity index (χ4v) is 1.52. The van der Waals surface area contributed by atoms with Crippen molar-refractivity contribution in [2.45, 2.75) is 6.92 Å². The molecule has 1 amide bonds. The Balaban J connectivity index is 2.11. The van der Waals surface area contributed by atoms with Crippen LogP contribution in [0.3, 0.4) is 0 Å². The van der Waals surface area contributed by atoms with Crippen molar-refractivity contribution in [3.8, 4) is 0 Å². The van der Waals surface area contributed by atoms with Crippen molar-refractivity contribution < 1.29 is 4.79 Å². The lowest BCUT2D eigenvalue weighted by molar-refractivity contribution is -0.112. The van der Waals surface area contributed by atoms with E-state index in [9.17, 15) is 4.79 Å². The topological polar surface area (TPSA) is 54.0 Å². The number of hydrogen-bond acceptors (Lipinski definition) is 3. The minimum Gasteiger partial charge on any atom is -0.309 e. The van der Waals surface area contributed by atoms with Gasteiger partial charge in [0.05, 0.1) is 5.02 Å². The van der Waals surface area contributed by atoms with Gasteiger partial charge in [0, 0.05) is 24.9 Å². The number of nitrogens with one attached hydrogen (secondary N) is 2. The molecule has 84 valence electrons. The Labute approximate surface area is 98.7 Å². The standard InChI is InChI=1S/C11H12ClN3O/c1-7(8-5-13-6-8)11(16)15-10-9(12)3-2-4-14-10/h2-4,13H,5-6H2,1H3,(H,14,15,16). The Morgan fingerprint density at radius 1 is 1.56 bits per heavy atom. The van der Waals surface area contributed by atoms with E-state index in [2.05, 4.69) is 15.6 Å². The van der Waals surface area contributed by atoms with Crippen molar-refractivity contribution in [2.75, 3.05) is 18.4 Å². The minimum atomic E-state index is -0.142. The van der Waals surface area contributed by atoms with Crippen molar-refractivity contribution in [3.05, 3.63) is 34.5 Å². The van der Waals surface area contributed by atoms with Gasteiger partial charge in [0.25, 0.3) is 5.91 Å². The SMILES string of the molecule is CC(C(=O)Nc1ncccc1Cl)=C1CNC1. The highest BCUT2D eigenvalue weighted by atomic mass is 35.5. The Kier molecular flexibility index (Phi) is 3.22. The molecular weight excluding hydrogens is 226 g/mol. The van der Waals surface area contributed by atoms with Gasteiger partial charge in [-0.05, 0) is 24.6 Å². The van der Waals surface area contributed by atoms with E-state index in [1.807, 2.05) is 6.92 Å². The average molecular weight is 238 g/mol. The summed E-state index contributed by atoms with van der Waals surface area (Å²) < 4.78 is 0. The number of amides is 1. The number of aromatic nitrogens is 1. The van der Waals surface area contributed by atoms with Crippen LogP contribution in [-0.4, -0.2) is 24.0 Å². The van der Waals surface area contributed by atoms with Crippen molar-refractivity contribution >= 4 is 23.3 Å². The summed E-state index contributed by atoms with van der Waals surface area (Å²) in [7, 11) is 0. The van der Waals surface area contributed by atoms with Crippen LogP contribution in [0.2, 0.25) is 5.02 Å². The first-order valence-corrected chi connectivity index (χ1v) is 5.37. The van der Waals surface area contributed by atoms with Gasteiger partial charge in [0.2, 0.25) is 0 Å². The molecule has 0 aromatic carbocycles. The molecule has 16 heavy (non-hydrogen) atoms. The van der Waals surface area contributed by atoms with Crippen LogP contribution in [0.15, 0.2) is 29.5 Å². The molecule has 0 aliphatic carbocycles. The molecule has 0 atom stereocenters. The second-order valence-electron chi connectivity index (χ2n) is 3.62. The van der Waals surface area contributed by atoms with Gasteiger partial charge in [0.1, 0.15) is 0 Å². The number of halogens is 1. The summed E-state index contributed by atoms with van der Waals surface area (Å²) in [4.78, 5) is 15.8. The summed E-state index contributed by atoms with van der Waals surface area (Å²) in [6, 6.07) is 3.41. The Hall–Kier alpha value is -1.39. The van der Waals surface area contributed by atoms with Crippen molar-refractivity contribution in [3.63, 3.8) is 0 Å². The smallest absolute Gasteiger partial charge is 0.252 e. The molecule has 4 nitrogen and oxygen atoms in total. The van der Waals surface area contributed by atoms with Gasteiger partial charge in [-0.1, -0.05) is 11.6 Å². The highest BCUT2D eigenvalue weighted by Crippen LogP contribution is 2.19. The lowest BCUT2D eigenvalue weighted by Crippen LogP contribution is -2.36. The first-order valence-electron chi connectivity index (χ1n) is 4.99. The zero-order chi connectivity index (χ0) is 11.5. The normalized spacial score (nSPS) is 14.2. The minimum absolute atomic E-state index is 0.142. The maximum atomic E-state index is 11.8. The monoisotopic (exact) mass is 237 g/mol. The van der Waals surface area contributed by atoms with E-state index in [0.29, 0.717) is 10.8 Å². The molecular formula is C11H12ClN3O. The highest BCUT2D eigenvalue weighted by Gasteiger charge is 2.16. The molecule has 0 radical (unpaired) electrons. The van der Waals surface area contributed by atoms with Gasteiger partial charge < -0.3 is 10.6 Å². The maximum Gasteiger partial charge on any atom is 0.252 e. The third-order valence-electron chi connectivity index (χ3n) is 2.54. The van der Waals surface area contributed by atoms with Gasteiger partial charge in [0.15, 0.2) is 5.82 Å². The van der Waals surface area contributed by atoms with Gasteiger partial charge in [-0.2, -0.15) is 0 Å². The highest BCUT2D eigenvalue weighted by molar-refractivity contribution is 6.33. The number of nitrogens with zero attached hydrogens (tertiary/aromatic N) is 1. The zero-order valence-electron chi connectivity index (χ0n) is 8.88. The number of pyridine rings is 1. The summed E-state index contributed by atoms with van der Waals surface area (Å²) in [5.74, 6) is 0.262. The van der Waals surface area contributed by atoms with E-state index < -0.39 is 0 Å². The molecule has 1 aliphatic rings. The molecule has 1 aromatic rings. The van der Waals surface area contributed by atoms with Crippen LogP contribution in [0, 0.1) is 0 Å². The zero-order valence-corrected chi connectivity index (χ0v) is 9.64. The van der Waals surface area contributed by atoms with Crippen molar-refractivity contribution in [1.29, 1.82) is 0 Å². The van der Waals surface area contributed by atoms with E-state index in [-0.39, 0.29) is 5.91 Å². The molecule has 2 rings (SSSR count). The summed E-state index contributed by atoms with van der Waals surface area (Å²) >= 11 is 5.89. The summed E-state index contributed by atoms with van der Waals surface area (Å²) in [6.07, 6.45) is 1.59. The third-order valence-corrected chi connectivity index (χ3v) is 2.84. The van der Waals surface area contributed by atoms with Crippen molar-refractivity contribution in [1.82, 2.24) is 10.3 Å². The van der Waals surface area contributed by atoms with Crippen LogP contribution in [0.25, 0.3) is 0 Å². The molecule has 1 aromatic heterocycles. The first-order chi connectivity index (χ1) is 7.68. The molecule has 0 saturated carbocycles. The van der Waals surface area contributed by atoms with E-state index in [0.717, 1.165) is 24.2 Å². The van der Waals surface area contributed by atoms with Crippen LogP contribution >= 0.6 is 11.6 Å². The summed E-state index contributed by atoms with van der Waals surface area (Å²) in [5.41, 5.74) is 1.87. The quantitative estimate of drug-likeness (QED) is 0.769.